The predicted octanol–water partition coefficient (Wildman–Crippen LogP) is 9.80. The first-order chi connectivity index (χ1) is 29.1. The van der Waals surface area contributed by atoms with E-state index in [0.717, 1.165) is 93.6 Å². The minimum Gasteiger partial charge on any atom is -0.492 e. The number of carbonyl (C=O) groups is 1. The second kappa shape index (κ2) is 23.9. The van der Waals surface area contributed by atoms with Crippen molar-refractivity contribution in [1.82, 2.24) is 9.80 Å². The molecule has 5 rings (SSSR count). The van der Waals surface area contributed by atoms with E-state index in [2.05, 4.69) is 30.5 Å². The van der Waals surface area contributed by atoms with Gasteiger partial charge in [-0.15, -0.1) is 6.58 Å². The van der Waals surface area contributed by atoms with E-state index in [1.54, 1.807) is 18.0 Å². The molecular weight excluding hydrogens is 759 g/mol. The van der Waals surface area contributed by atoms with Crippen LogP contribution in [0.3, 0.4) is 0 Å². The third-order valence-electron chi connectivity index (χ3n) is 12.8. The summed E-state index contributed by atoms with van der Waals surface area (Å²) in [4.78, 5) is 24.4. The third-order valence-corrected chi connectivity index (χ3v) is 12.8. The molecule has 0 bridgehead atoms. The molecule has 338 valence electrons. The summed E-state index contributed by atoms with van der Waals surface area (Å²) in [5, 5.41) is 24.7. The topological polar surface area (TPSA) is 122 Å². The van der Waals surface area contributed by atoms with Gasteiger partial charge < -0.3 is 38.9 Å². The molecule has 6 unspecified atom stereocenters. The number of allylic oxidation sites excluding steroid dienone is 1. The first kappa shape index (κ1) is 47.9. The number of oxime groups is 1. The smallest absolute Gasteiger partial charge is 0.409 e. The minimum atomic E-state index is -1.31. The summed E-state index contributed by atoms with van der Waals surface area (Å²) in [6.07, 6.45) is 21.0. The van der Waals surface area contributed by atoms with E-state index in [0.29, 0.717) is 31.8 Å². The molecule has 2 N–H and O–H groups in total. The number of amides is 1. The quantitative estimate of drug-likeness (QED) is 0.0368. The van der Waals surface area contributed by atoms with Crippen molar-refractivity contribution in [3.8, 4) is 11.5 Å². The van der Waals surface area contributed by atoms with Gasteiger partial charge in [0.25, 0.3) is 0 Å². The number of carbonyl (C=O) groups excluding carboxylic acids is 1. The van der Waals surface area contributed by atoms with Crippen molar-refractivity contribution in [2.45, 2.75) is 160 Å². The van der Waals surface area contributed by atoms with E-state index in [-0.39, 0.29) is 43.5 Å². The van der Waals surface area contributed by atoms with Crippen molar-refractivity contribution in [3.05, 3.63) is 48.1 Å². The van der Waals surface area contributed by atoms with Crippen molar-refractivity contribution in [3.63, 3.8) is 0 Å². The van der Waals surface area contributed by atoms with Gasteiger partial charge in [0.05, 0.1) is 24.8 Å². The summed E-state index contributed by atoms with van der Waals surface area (Å²) in [6, 6.07) is 5.52. The van der Waals surface area contributed by atoms with Gasteiger partial charge >= 0.3 is 6.09 Å². The molecule has 4 aliphatic rings. The van der Waals surface area contributed by atoms with Crippen LogP contribution in [0.2, 0.25) is 0 Å². The van der Waals surface area contributed by atoms with E-state index < -0.39 is 23.5 Å². The molecule has 0 radical (unpaired) electrons. The number of aliphatic hydroxyl groups excluding tert-OH is 2. The molecule has 2 heterocycles. The highest BCUT2D eigenvalue weighted by molar-refractivity contribution is 6.03. The molecule has 1 aromatic carbocycles. The molecule has 2 aliphatic heterocycles. The highest BCUT2D eigenvalue weighted by Gasteiger charge is 2.65. The molecule has 11 nitrogen and oxygen atoms in total. The SMILES string of the molecule is C=CCOC12Oc3ccc(OCCN4CC4)cc3C3C(CCCCO)C(CCCCO)C=C(C(=NOC(C)(C)C)CC1N(C)C(=O)OCCCCCCCCCCCC)C32. The Morgan fingerprint density at radius 2 is 1.65 bits per heavy atom. The van der Waals surface area contributed by atoms with Crippen LogP contribution in [0.5, 0.6) is 11.5 Å². The molecular formula is C49H79N3O8. The second-order valence-corrected chi connectivity index (χ2v) is 18.6. The lowest BCUT2D eigenvalue weighted by atomic mass is 9.55. The fourth-order valence-electron chi connectivity index (χ4n) is 9.57. The van der Waals surface area contributed by atoms with E-state index in [4.69, 9.17) is 28.9 Å². The number of unbranched alkanes of at least 4 members (excludes halogenated alkanes) is 11. The largest absolute Gasteiger partial charge is 0.492 e. The Morgan fingerprint density at radius 1 is 0.967 bits per heavy atom. The number of aliphatic hydroxyl groups is 2. The maximum absolute atomic E-state index is 14.2. The fourth-order valence-corrected chi connectivity index (χ4v) is 9.57. The normalized spacial score (nSPS) is 25.1. The van der Waals surface area contributed by atoms with Crippen LogP contribution in [0.25, 0.3) is 0 Å². The monoisotopic (exact) mass is 838 g/mol. The number of hydrogen-bond donors (Lipinski definition) is 2. The maximum Gasteiger partial charge on any atom is 0.409 e. The number of nitrogens with zero attached hydrogens (tertiary/aromatic N) is 3. The lowest BCUT2D eigenvalue weighted by molar-refractivity contribution is -0.253. The first-order valence-corrected chi connectivity index (χ1v) is 23.6. The highest BCUT2D eigenvalue weighted by atomic mass is 16.7. The van der Waals surface area contributed by atoms with Gasteiger partial charge in [-0.2, -0.15) is 0 Å². The molecule has 1 saturated heterocycles. The standard InChI is InChI=1S/C49H79N3O8/c1-7-9-10-11-12-13-14-15-16-21-32-57-47(55)51(6)44-36-42(50-60-48(3,4)5)40-34-37(22-17-19-29-53)39(23-18-20-30-54)45-41-35-38(56-33-28-52-26-27-52)24-25-43(41)59-49(44,46(40)45)58-31-8-2/h8,24-25,34-35,37,39,44-46,53-54H,2,7,9-23,26-33,36H2,1,3-6H3. The lowest BCUT2D eigenvalue weighted by Crippen LogP contribution is -2.69. The average Bonchev–Trinajstić information content (AvgIpc) is 4.06. The zero-order valence-corrected chi connectivity index (χ0v) is 37.8. The van der Waals surface area contributed by atoms with Crippen molar-refractivity contribution >= 4 is 11.8 Å². The fraction of sp³-hybridized carbons (Fsp3) is 0.755. The Morgan fingerprint density at radius 3 is 2.30 bits per heavy atom. The summed E-state index contributed by atoms with van der Waals surface area (Å²) in [7, 11) is 1.79. The highest BCUT2D eigenvalue weighted by Crippen LogP contribution is 2.62. The van der Waals surface area contributed by atoms with Gasteiger partial charge in [0.15, 0.2) is 0 Å². The Kier molecular flexibility index (Phi) is 19.1. The van der Waals surface area contributed by atoms with Crippen LogP contribution in [0.15, 0.2) is 47.7 Å². The Bertz CT molecular complexity index is 1540. The number of fused-ring (bicyclic) bond motifs is 2. The Hall–Kier alpha value is -3.12. The zero-order chi connectivity index (χ0) is 43.0. The van der Waals surface area contributed by atoms with E-state index in [1.165, 1.54) is 44.9 Å². The minimum absolute atomic E-state index is 0.106. The molecule has 2 aliphatic carbocycles. The van der Waals surface area contributed by atoms with Crippen molar-refractivity contribution in [2.75, 3.05) is 59.7 Å². The van der Waals surface area contributed by atoms with Crippen LogP contribution < -0.4 is 9.47 Å². The second-order valence-electron chi connectivity index (χ2n) is 18.6. The van der Waals surface area contributed by atoms with E-state index >= 15 is 0 Å². The average molecular weight is 838 g/mol. The summed E-state index contributed by atoms with van der Waals surface area (Å²) in [5.74, 6) is 0.0201. The maximum atomic E-state index is 14.2. The first-order valence-electron chi connectivity index (χ1n) is 23.6. The Balaban J connectivity index is 1.51. The van der Waals surface area contributed by atoms with Crippen LogP contribution in [0.4, 0.5) is 4.79 Å². The van der Waals surface area contributed by atoms with Crippen LogP contribution in [0, 0.1) is 17.8 Å². The van der Waals surface area contributed by atoms with Crippen LogP contribution in [-0.4, -0.2) is 109 Å². The van der Waals surface area contributed by atoms with Gasteiger partial charge in [-0.1, -0.05) is 94.9 Å². The number of ether oxygens (including phenoxy) is 4. The molecule has 1 aromatic rings. The summed E-state index contributed by atoms with van der Waals surface area (Å²) in [6.45, 7) is 16.8. The van der Waals surface area contributed by atoms with Crippen LogP contribution in [-0.2, 0) is 14.3 Å². The number of hydrogen-bond acceptors (Lipinski definition) is 10. The zero-order valence-electron chi connectivity index (χ0n) is 37.8. The summed E-state index contributed by atoms with van der Waals surface area (Å²) >= 11 is 0. The Labute approximate surface area is 361 Å². The van der Waals surface area contributed by atoms with Gasteiger partial charge in [0.1, 0.15) is 29.7 Å². The van der Waals surface area contributed by atoms with Gasteiger partial charge in [-0.3, -0.25) is 4.90 Å². The molecule has 0 spiro atoms. The molecule has 1 saturated carbocycles. The van der Waals surface area contributed by atoms with Gasteiger partial charge in [-0.05, 0) is 88.5 Å². The van der Waals surface area contributed by atoms with Crippen LogP contribution in [0.1, 0.15) is 148 Å². The lowest BCUT2D eigenvalue weighted by Gasteiger charge is -2.59. The van der Waals surface area contributed by atoms with Gasteiger partial charge in [0, 0.05) is 57.8 Å². The van der Waals surface area contributed by atoms with E-state index in [9.17, 15) is 15.0 Å². The molecule has 6 atom stereocenters. The van der Waals surface area contributed by atoms with Crippen molar-refractivity contribution in [2.24, 2.45) is 22.9 Å². The molecule has 2 fully saturated rings. The van der Waals surface area contributed by atoms with Crippen molar-refractivity contribution < 1.29 is 38.8 Å². The summed E-state index contributed by atoms with van der Waals surface area (Å²) in [5.41, 5.74) is 2.30. The molecule has 1 amide bonds. The van der Waals surface area contributed by atoms with Crippen LogP contribution >= 0.6 is 0 Å². The predicted molar refractivity (Wildman–Crippen MR) is 239 cm³/mol. The van der Waals surface area contributed by atoms with E-state index in [1.807, 2.05) is 32.9 Å². The van der Waals surface area contributed by atoms with Gasteiger partial charge in [0.2, 0.25) is 5.79 Å². The third kappa shape index (κ3) is 13.2. The molecule has 60 heavy (non-hydrogen) atoms. The van der Waals surface area contributed by atoms with Gasteiger partial charge in [-0.25, -0.2) is 4.79 Å². The number of likely N-dealkylation sites (N-methyl/N-ethyl adjacent to an activating group) is 1. The molecule has 0 aromatic heterocycles. The number of rotatable bonds is 28. The molecule has 11 heteroatoms. The van der Waals surface area contributed by atoms with Crippen molar-refractivity contribution in [1.29, 1.82) is 0 Å². The summed E-state index contributed by atoms with van der Waals surface area (Å²) < 4.78 is 26.7. The number of benzene rings is 1.